The Hall–Kier alpha value is -2.74. The lowest BCUT2D eigenvalue weighted by Gasteiger charge is -2.13. The summed E-state index contributed by atoms with van der Waals surface area (Å²) in [7, 11) is 1.69. The lowest BCUT2D eigenvalue weighted by Crippen LogP contribution is -1.99. The summed E-state index contributed by atoms with van der Waals surface area (Å²) in [5.41, 5.74) is 4.54. The van der Waals surface area contributed by atoms with Crippen LogP contribution in [0.25, 0.3) is 0 Å². The van der Waals surface area contributed by atoms with Gasteiger partial charge in [0.15, 0.2) is 0 Å². The second-order valence-corrected chi connectivity index (χ2v) is 6.26. The van der Waals surface area contributed by atoms with E-state index in [0.717, 1.165) is 42.6 Å². The Morgan fingerprint density at radius 3 is 1.72 bits per heavy atom. The molecule has 0 bridgehead atoms. The van der Waals surface area contributed by atoms with Crippen LogP contribution in [0.3, 0.4) is 0 Å². The van der Waals surface area contributed by atoms with Crippen LogP contribution in [0.4, 0.5) is 0 Å². The summed E-state index contributed by atoms with van der Waals surface area (Å²) < 4.78 is 5.57. The molecule has 25 heavy (non-hydrogen) atoms. The van der Waals surface area contributed by atoms with Crippen molar-refractivity contribution in [1.29, 1.82) is 0 Å². The van der Waals surface area contributed by atoms with Gasteiger partial charge in [-0.2, -0.15) is 0 Å². The number of phenols is 1. The highest BCUT2D eigenvalue weighted by molar-refractivity contribution is 5.46. The van der Waals surface area contributed by atoms with Crippen molar-refractivity contribution in [2.75, 3.05) is 7.11 Å². The fourth-order valence-electron chi connectivity index (χ4n) is 3.09. The number of aromatic hydroxyl groups is 1. The van der Waals surface area contributed by atoms with Gasteiger partial charge in [0.25, 0.3) is 0 Å². The van der Waals surface area contributed by atoms with Crippen molar-refractivity contribution in [1.82, 2.24) is 0 Å². The van der Waals surface area contributed by atoms with Crippen molar-refractivity contribution in [3.8, 4) is 11.5 Å². The predicted molar refractivity (Wildman–Crippen MR) is 102 cm³/mol. The molecule has 1 N–H and O–H groups in total. The highest BCUT2D eigenvalue weighted by Gasteiger charge is 2.10. The molecular weight excluding hydrogens is 308 g/mol. The quantitative estimate of drug-likeness (QED) is 0.662. The first-order valence-electron chi connectivity index (χ1n) is 8.73. The zero-order valence-electron chi connectivity index (χ0n) is 14.6. The molecule has 0 radical (unpaired) electrons. The lowest BCUT2D eigenvalue weighted by molar-refractivity contribution is 0.405. The number of methoxy groups -OCH3 is 1. The minimum absolute atomic E-state index is 0.361. The third kappa shape index (κ3) is 4.63. The van der Waals surface area contributed by atoms with Gasteiger partial charge < -0.3 is 9.84 Å². The molecule has 0 saturated heterocycles. The van der Waals surface area contributed by atoms with E-state index in [1.807, 2.05) is 36.4 Å². The van der Waals surface area contributed by atoms with Gasteiger partial charge in [-0.15, -0.1) is 0 Å². The molecule has 128 valence electrons. The van der Waals surface area contributed by atoms with Crippen LogP contribution >= 0.6 is 0 Å². The number of rotatable bonds is 7. The molecule has 2 heteroatoms. The van der Waals surface area contributed by atoms with Crippen molar-refractivity contribution in [2.45, 2.75) is 25.7 Å². The second-order valence-electron chi connectivity index (χ2n) is 6.26. The monoisotopic (exact) mass is 332 g/mol. The summed E-state index contributed by atoms with van der Waals surface area (Å²) in [6.45, 7) is 0. The molecule has 3 aromatic carbocycles. The van der Waals surface area contributed by atoms with Gasteiger partial charge in [0, 0.05) is 0 Å². The lowest BCUT2D eigenvalue weighted by atomic mass is 9.98. The molecule has 3 rings (SSSR count). The molecule has 0 saturated carbocycles. The van der Waals surface area contributed by atoms with Gasteiger partial charge in [-0.3, -0.25) is 0 Å². The van der Waals surface area contributed by atoms with Crippen LogP contribution in [0.1, 0.15) is 22.3 Å². The standard InChI is InChI=1S/C23H24O2/c1-25-23-17-20(14-12-18-8-4-2-5-9-18)22(24)16-21(23)15-13-19-10-6-3-7-11-19/h2-11,16-17,24H,12-15H2,1H3. The van der Waals surface area contributed by atoms with Crippen molar-refractivity contribution >= 4 is 0 Å². The predicted octanol–water partition coefficient (Wildman–Crippen LogP) is 4.97. The molecule has 2 nitrogen and oxygen atoms in total. The average Bonchev–Trinajstić information content (AvgIpc) is 2.67. The molecule has 0 aliphatic rings. The average molecular weight is 332 g/mol. The van der Waals surface area contributed by atoms with Gasteiger partial charge in [0.2, 0.25) is 0 Å². The molecule has 3 aromatic rings. The van der Waals surface area contributed by atoms with E-state index in [0.29, 0.717) is 5.75 Å². The first-order chi connectivity index (χ1) is 12.3. The number of phenolic OH excluding ortho intramolecular Hbond substituents is 1. The Morgan fingerprint density at radius 1 is 0.680 bits per heavy atom. The van der Waals surface area contributed by atoms with E-state index in [-0.39, 0.29) is 0 Å². The van der Waals surface area contributed by atoms with Crippen LogP contribution in [0.2, 0.25) is 0 Å². The van der Waals surface area contributed by atoms with E-state index in [1.165, 1.54) is 11.1 Å². The third-order valence-electron chi connectivity index (χ3n) is 4.53. The normalized spacial score (nSPS) is 10.6. The van der Waals surface area contributed by atoms with Crippen LogP contribution in [-0.2, 0) is 25.7 Å². The summed E-state index contributed by atoms with van der Waals surface area (Å²) in [6, 6.07) is 24.6. The Kier molecular flexibility index (Phi) is 5.73. The minimum Gasteiger partial charge on any atom is -0.508 e. The zero-order valence-corrected chi connectivity index (χ0v) is 14.6. The highest BCUT2D eigenvalue weighted by atomic mass is 16.5. The van der Waals surface area contributed by atoms with E-state index < -0.39 is 0 Å². The van der Waals surface area contributed by atoms with Crippen LogP contribution in [0, 0.1) is 0 Å². The Labute approximate surface area is 149 Å². The molecule has 0 amide bonds. The number of hydrogen-bond acceptors (Lipinski definition) is 2. The molecule has 0 spiro atoms. The molecular formula is C23H24O2. The molecule has 0 aliphatic carbocycles. The van der Waals surface area contributed by atoms with Crippen molar-refractivity contribution < 1.29 is 9.84 Å². The third-order valence-corrected chi connectivity index (χ3v) is 4.53. The van der Waals surface area contributed by atoms with Crippen LogP contribution < -0.4 is 4.74 Å². The molecule has 0 fully saturated rings. The zero-order chi connectivity index (χ0) is 17.5. The molecule has 0 atom stereocenters. The summed E-state index contributed by atoms with van der Waals surface area (Å²) >= 11 is 0. The summed E-state index contributed by atoms with van der Waals surface area (Å²) in [5, 5.41) is 10.4. The summed E-state index contributed by atoms with van der Waals surface area (Å²) in [4.78, 5) is 0. The van der Waals surface area contributed by atoms with Gasteiger partial charge in [-0.05, 0) is 60.1 Å². The van der Waals surface area contributed by atoms with Crippen molar-refractivity contribution in [3.05, 3.63) is 95.1 Å². The number of aryl methyl sites for hydroxylation is 4. The first kappa shape index (κ1) is 17.1. The SMILES string of the molecule is COc1cc(CCc2ccccc2)c(O)cc1CCc1ccccc1. The molecule has 0 aliphatic heterocycles. The smallest absolute Gasteiger partial charge is 0.122 e. The number of hydrogen-bond donors (Lipinski definition) is 1. The maximum absolute atomic E-state index is 10.4. The summed E-state index contributed by atoms with van der Waals surface area (Å²) in [5.74, 6) is 1.22. The Bertz CT molecular complexity index is 795. The fraction of sp³-hybridized carbons (Fsp3) is 0.217. The minimum atomic E-state index is 0.361. The fourth-order valence-corrected chi connectivity index (χ4v) is 3.09. The van der Waals surface area contributed by atoms with E-state index in [9.17, 15) is 5.11 Å². The van der Waals surface area contributed by atoms with Gasteiger partial charge in [-0.1, -0.05) is 60.7 Å². The number of ether oxygens (including phenoxy) is 1. The first-order valence-corrected chi connectivity index (χ1v) is 8.73. The molecule has 0 aromatic heterocycles. The Balaban J connectivity index is 1.71. The van der Waals surface area contributed by atoms with Gasteiger partial charge >= 0.3 is 0 Å². The number of benzene rings is 3. The Morgan fingerprint density at radius 2 is 1.20 bits per heavy atom. The van der Waals surface area contributed by atoms with E-state index >= 15 is 0 Å². The van der Waals surface area contributed by atoms with Crippen molar-refractivity contribution in [2.24, 2.45) is 0 Å². The van der Waals surface area contributed by atoms with Crippen LogP contribution in [-0.4, -0.2) is 12.2 Å². The van der Waals surface area contributed by atoms with Gasteiger partial charge in [-0.25, -0.2) is 0 Å². The van der Waals surface area contributed by atoms with Crippen LogP contribution in [0.5, 0.6) is 11.5 Å². The summed E-state index contributed by atoms with van der Waals surface area (Å²) in [6.07, 6.45) is 3.48. The second kappa shape index (κ2) is 8.39. The van der Waals surface area contributed by atoms with Gasteiger partial charge in [0.1, 0.15) is 11.5 Å². The highest BCUT2D eigenvalue weighted by Crippen LogP contribution is 2.30. The van der Waals surface area contributed by atoms with Crippen molar-refractivity contribution in [3.63, 3.8) is 0 Å². The van der Waals surface area contributed by atoms with Crippen LogP contribution in [0.15, 0.2) is 72.8 Å². The van der Waals surface area contributed by atoms with E-state index in [2.05, 4.69) is 36.4 Å². The molecule has 0 heterocycles. The largest absolute Gasteiger partial charge is 0.508 e. The topological polar surface area (TPSA) is 29.5 Å². The maximum Gasteiger partial charge on any atom is 0.122 e. The molecule has 0 unspecified atom stereocenters. The van der Waals surface area contributed by atoms with E-state index in [4.69, 9.17) is 4.74 Å². The van der Waals surface area contributed by atoms with Gasteiger partial charge in [0.05, 0.1) is 7.11 Å². The van der Waals surface area contributed by atoms with E-state index in [1.54, 1.807) is 7.11 Å². The maximum atomic E-state index is 10.4.